The second-order valence-electron chi connectivity index (χ2n) is 2.56. The van der Waals surface area contributed by atoms with Crippen molar-refractivity contribution < 1.29 is 19.5 Å². The Hall–Kier alpha value is -2.22. The molecule has 0 aromatic carbocycles. The van der Waals surface area contributed by atoms with Crippen molar-refractivity contribution in [1.29, 1.82) is 0 Å². The maximum absolute atomic E-state index is 11.1. The van der Waals surface area contributed by atoms with Gasteiger partial charge >= 0.3 is 5.97 Å². The number of hydrogen-bond acceptors (Lipinski definition) is 5. The van der Waals surface area contributed by atoms with E-state index in [0.717, 1.165) is 17.4 Å². The predicted octanol–water partition coefficient (Wildman–Crippen LogP) is -0.179. The first-order valence-electron chi connectivity index (χ1n) is 3.96. The molecule has 4 N–H and O–H groups in total. The van der Waals surface area contributed by atoms with Gasteiger partial charge in [0, 0.05) is 17.5 Å². The molecule has 1 heterocycles. The third-order valence-corrected chi connectivity index (χ3v) is 2.12. The number of primary amides is 1. The van der Waals surface area contributed by atoms with E-state index in [-0.39, 0.29) is 10.8 Å². The van der Waals surface area contributed by atoms with Crippen LogP contribution in [0.2, 0.25) is 0 Å². The molecule has 0 unspecified atom stereocenters. The number of hydrogen-bond donors (Lipinski definition) is 3. The number of nitrogens with one attached hydrogen (secondary N) is 1. The Labute approximate surface area is 93.6 Å². The van der Waals surface area contributed by atoms with Gasteiger partial charge < -0.3 is 10.8 Å². The van der Waals surface area contributed by atoms with Gasteiger partial charge in [-0.2, -0.15) is 0 Å². The molecule has 0 atom stereocenters. The number of aromatic nitrogens is 1. The highest BCUT2D eigenvalue weighted by molar-refractivity contribution is 7.14. The van der Waals surface area contributed by atoms with Crippen molar-refractivity contribution in [2.24, 2.45) is 5.73 Å². The van der Waals surface area contributed by atoms with E-state index in [0.29, 0.717) is 6.08 Å². The molecule has 0 aliphatic carbocycles. The Morgan fingerprint density at radius 1 is 1.44 bits per heavy atom. The molecule has 8 heteroatoms. The number of amides is 2. The molecule has 0 spiro atoms. The molecule has 0 radical (unpaired) electrons. The van der Waals surface area contributed by atoms with Crippen LogP contribution in [0.15, 0.2) is 17.5 Å². The van der Waals surface area contributed by atoms with E-state index in [1.54, 1.807) is 0 Å². The summed E-state index contributed by atoms with van der Waals surface area (Å²) in [5.74, 6) is -2.57. The largest absolute Gasteiger partial charge is 0.478 e. The summed E-state index contributed by atoms with van der Waals surface area (Å²) < 4.78 is 0. The first-order chi connectivity index (χ1) is 7.49. The number of carboxylic acid groups (broad SMARTS) is 1. The van der Waals surface area contributed by atoms with Crippen molar-refractivity contribution in [3.05, 3.63) is 23.2 Å². The minimum Gasteiger partial charge on any atom is -0.478 e. The molecular weight excluding hydrogens is 234 g/mol. The van der Waals surface area contributed by atoms with E-state index in [2.05, 4.69) is 10.3 Å². The van der Waals surface area contributed by atoms with Crippen LogP contribution in [-0.4, -0.2) is 27.9 Å². The van der Waals surface area contributed by atoms with Gasteiger partial charge in [0.25, 0.3) is 5.91 Å². The number of nitrogens with two attached hydrogens (primary N) is 1. The Bertz CT molecular complexity index is 466. The predicted molar refractivity (Wildman–Crippen MR) is 56.0 cm³/mol. The van der Waals surface area contributed by atoms with Crippen LogP contribution in [0, 0.1) is 0 Å². The first kappa shape index (κ1) is 11.9. The summed E-state index contributed by atoms with van der Waals surface area (Å²) in [6.07, 6.45) is 1.53. The van der Waals surface area contributed by atoms with Gasteiger partial charge in [-0.15, -0.1) is 11.3 Å². The molecule has 0 saturated heterocycles. The average Bonchev–Trinajstić information content (AvgIpc) is 2.63. The normalized spacial score (nSPS) is 10.2. The minimum absolute atomic E-state index is 0.0440. The zero-order valence-electron chi connectivity index (χ0n) is 7.84. The van der Waals surface area contributed by atoms with Crippen LogP contribution in [0.5, 0.6) is 0 Å². The first-order valence-corrected chi connectivity index (χ1v) is 4.84. The molecular formula is C8H7N3O4S. The second kappa shape index (κ2) is 5.03. The molecule has 1 aromatic rings. The lowest BCUT2D eigenvalue weighted by Gasteiger charge is -1.94. The van der Waals surface area contributed by atoms with Gasteiger partial charge in [0.1, 0.15) is 5.69 Å². The maximum atomic E-state index is 11.1. The Kier molecular flexibility index (Phi) is 3.72. The number of rotatable bonds is 4. The lowest BCUT2D eigenvalue weighted by Crippen LogP contribution is -2.12. The summed E-state index contributed by atoms with van der Waals surface area (Å²) in [7, 11) is 0. The van der Waals surface area contributed by atoms with E-state index < -0.39 is 17.8 Å². The van der Waals surface area contributed by atoms with E-state index in [9.17, 15) is 14.4 Å². The number of carbonyl (C=O) groups is 3. The van der Waals surface area contributed by atoms with Crippen molar-refractivity contribution in [2.75, 3.05) is 5.32 Å². The number of carbonyl (C=O) groups excluding carboxylic acids is 2. The lowest BCUT2D eigenvalue weighted by atomic mass is 10.5. The number of anilines is 1. The van der Waals surface area contributed by atoms with Gasteiger partial charge in [-0.1, -0.05) is 0 Å². The summed E-state index contributed by atoms with van der Waals surface area (Å²) in [5.41, 5.74) is 5.00. The van der Waals surface area contributed by atoms with Crippen LogP contribution < -0.4 is 11.1 Å². The zero-order valence-corrected chi connectivity index (χ0v) is 8.65. The number of nitrogens with zero attached hydrogens (tertiary/aromatic N) is 1. The summed E-state index contributed by atoms with van der Waals surface area (Å²) >= 11 is 1.02. The molecule has 0 bridgehead atoms. The molecule has 7 nitrogen and oxygen atoms in total. The van der Waals surface area contributed by atoms with Crippen molar-refractivity contribution in [2.45, 2.75) is 0 Å². The molecule has 16 heavy (non-hydrogen) atoms. The van der Waals surface area contributed by atoms with Crippen molar-refractivity contribution in [1.82, 2.24) is 4.98 Å². The van der Waals surface area contributed by atoms with Gasteiger partial charge in [0.2, 0.25) is 5.91 Å². The van der Waals surface area contributed by atoms with Crippen molar-refractivity contribution in [3.63, 3.8) is 0 Å². The van der Waals surface area contributed by atoms with Crippen LogP contribution >= 0.6 is 11.3 Å². The molecule has 2 amide bonds. The smallest absolute Gasteiger partial charge is 0.328 e. The topological polar surface area (TPSA) is 122 Å². The lowest BCUT2D eigenvalue weighted by molar-refractivity contribution is -0.131. The highest BCUT2D eigenvalue weighted by atomic mass is 32.1. The van der Waals surface area contributed by atoms with E-state index in [1.165, 1.54) is 5.38 Å². The Morgan fingerprint density at radius 2 is 2.12 bits per heavy atom. The fraction of sp³-hybridized carbons (Fsp3) is 0. The Balaban J connectivity index is 2.63. The van der Waals surface area contributed by atoms with Crippen LogP contribution in [0.4, 0.5) is 5.13 Å². The monoisotopic (exact) mass is 241 g/mol. The SMILES string of the molecule is NC(=O)c1csc(NC(=O)C=CC(=O)O)n1. The third kappa shape index (κ3) is 3.50. The van der Waals surface area contributed by atoms with Gasteiger partial charge in [-0.25, -0.2) is 9.78 Å². The van der Waals surface area contributed by atoms with Crippen LogP contribution in [-0.2, 0) is 9.59 Å². The molecule has 1 aromatic heterocycles. The zero-order chi connectivity index (χ0) is 12.1. The molecule has 84 valence electrons. The highest BCUT2D eigenvalue weighted by Crippen LogP contribution is 2.14. The average molecular weight is 241 g/mol. The standard InChI is InChI=1S/C8H7N3O4S/c9-7(15)4-3-16-8(10-4)11-5(12)1-2-6(13)14/h1-3H,(H2,9,15)(H,13,14)(H,10,11,12). The van der Waals surface area contributed by atoms with Crippen LogP contribution in [0.3, 0.4) is 0 Å². The van der Waals surface area contributed by atoms with Crippen molar-refractivity contribution in [3.8, 4) is 0 Å². The van der Waals surface area contributed by atoms with Crippen molar-refractivity contribution >= 4 is 34.3 Å². The van der Waals surface area contributed by atoms with Crippen LogP contribution in [0.1, 0.15) is 10.5 Å². The number of carboxylic acids is 1. The fourth-order valence-corrected chi connectivity index (χ4v) is 1.44. The molecule has 1 rings (SSSR count). The van der Waals surface area contributed by atoms with E-state index in [1.807, 2.05) is 0 Å². The molecule has 0 fully saturated rings. The Morgan fingerprint density at radius 3 is 2.62 bits per heavy atom. The van der Waals surface area contributed by atoms with Gasteiger partial charge in [-0.05, 0) is 0 Å². The number of aliphatic carboxylic acids is 1. The summed E-state index contributed by atoms with van der Waals surface area (Å²) in [6.45, 7) is 0. The molecule has 0 aliphatic heterocycles. The summed E-state index contributed by atoms with van der Waals surface area (Å²) in [5, 5.41) is 12.1. The van der Waals surface area contributed by atoms with Crippen LogP contribution in [0.25, 0.3) is 0 Å². The minimum atomic E-state index is -1.23. The second-order valence-corrected chi connectivity index (χ2v) is 3.42. The highest BCUT2D eigenvalue weighted by Gasteiger charge is 2.08. The summed E-state index contributed by atoms with van der Waals surface area (Å²) in [6, 6.07) is 0. The van der Waals surface area contributed by atoms with Gasteiger partial charge in [0.15, 0.2) is 5.13 Å². The quantitative estimate of drug-likeness (QED) is 0.631. The van der Waals surface area contributed by atoms with E-state index in [4.69, 9.17) is 10.8 Å². The number of thiazole rings is 1. The summed E-state index contributed by atoms with van der Waals surface area (Å²) in [4.78, 5) is 35.6. The molecule has 0 saturated carbocycles. The molecule has 0 aliphatic rings. The third-order valence-electron chi connectivity index (χ3n) is 1.36. The van der Waals surface area contributed by atoms with Gasteiger partial charge in [-0.3, -0.25) is 14.9 Å². The maximum Gasteiger partial charge on any atom is 0.328 e. The van der Waals surface area contributed by atoms with Gasteiger partial charge in [0.05, 0.1) is 0 Å². The van der Waals surface area contributed by atoms with E-state index >= 15 is 0 Å². The fourth-order valence-electron chi connectivity index (χ4n) is 0.738.